The average molecular weight is 428 g/mol. The molecule has 5 heterocycles. The van der Waals surface area contributed by atoms with Crippen molar-refractivity contribution in [3.8, 4) is 22.7 Å². The van der Waals surface area contributed by atoms with Crippen molar-refractivity contribution in [3.63, 3.8) is 0 Å². The lowest BCUT2D eigenvalue weighted by Gasteiger charge is -2.34. The number of pyridine rings is 1. The highest BCUT2D eigenvalue weighted by molar-refractivity contribution is 5.75. The smallest absolute Gasteiger partial charge is 0.223 e. The molecule has 6 heteroatoms. The summed E-state index contributed by atoms with van der Waals surface area (Å²) >= 11 is 0. The van der Waals surface area contributed by atoms with E-state index in [9.17, 15) is 0 Å². The van der Waals surface area contributed by atoms with Crippen LogP contribution in [0.5, 0.6) is 5.88 Å². The van der Waals surface area contributed by atoms with Gasteiger partial charge in [-0.1, -0.05) is 6.07 Å². The molecular weight excluding hydrogens is 398 g/mol. The van der Waals surface area contributed by atoms with Gasteiger partial charge < -0.3 is 15.0 Å². The van der Waals surface area contributed by atoms with E-state index >= 15 is 0 Å². The second-order valence-corrected chi connectivity index (χ2v) is 9.92. The number of nitrogens with one attached hydrogen (secondary N) is 1. The minimum atomic E-state index is 0.550. The fraction of sp³-hybridized carbons (Fsp3) is 0.462. The summed E-state index contributed by atoms with van der Waals surface area (Å²) in [4.78, 5) is 7.74. The van der Waals surface area contributed by atoms with Crippen molar-refractivity contribution in [3.05, 3.63) is 54.4 Å². The molecule has 3 atom stereocenters. The van der Waals surface area contributed by atoms with Crippen LogP contribution in [0.25, 0.3) is 16.8 Å². The van der Waals surface area contributed by atoms with Crippen molar-refractivity contribution in [1.29, 1.82) is 0 Å². The molecule has 4 fully saturated rings. The molecule has 1 N–H and O–H groups in total. The van der Waals surface area contributed by atoms with Crippen LogP contribution in [0.2, 0.25) is 0 Å². The Kier molecular flexibility index (Phi) is 4.29. The fourth-order valence-corrected chi connectivity index (χ4v) is 6.00. The Morgan fingerprint density at radius 1 is 1.00 bits per heavy atom. The first kappa shape index (κ1) is 18.7. The van der Waals surface area contributed by atoms with Gasteiger partial charge in [0.1, 0.15) is 12.4 Å². The first-order chi connectivity index (χ1) is 15.8. The Morgan fingerprint density at radius 3 is 2.75 bits per heavy atom. The van der Waals surface area contributed by atoms with E-state index in [-0.39, 0.29) is 0 Å². The van der Waals surface area contributed by atoms with E-state index in [0.29, 0.717) is 24.7 Å². The number of ether oxygens (including phenoxy) is 1. The van der Waals surface area contributed by atoms with Gasteiger partial charge in [0.2, 0.25) is 5.88 Å². The highest BCUT2D eigenvalue weighted by Gasteiger charge is 2.40. The third-order valence-corrected chi connectivity index (χ3v) is 7.74. The van der Waals surface area contributed by atoms with Crippen molar-refractivity contribution in [2.75, 3.05) is 11.4 Å². The number of hydrogen-bond donors (Lipinski definition) is 1. The Labute approximate surface area is 188 Å². The van der Waals surface area contributed by atoms with Crippen LogP contribution < -0.4 is 15.0 Å². The minimum absolute atomic E-state index is 0.550. The highest BCUT2D eigenvalue weighted by atomic mass is 16.5. The molecule has 2 aliphatic carbocycles. The number of aromatic nitrogens is 3. The molecule has 0 radical (unpaired) electrons. The van der Waals surface area contributed by atoms with E-state index in [1.807, 2.05) is 16.9 Å². The van der Waals surface area contributed by atoms with Crippen molar-refractivity contribution in [2.24, 2.45) is 5.92 Å². The Hall–Kier alpha value is -2.86. The molecule has 3 aromatic rings. The average Bonchev–Trinajstić information content (AvgIpc) is 3.59. The van der Waals surface area contributed by atoms with E-state index < -0.39 is 0 Å². The van der Waals surface area contributed by atoms with Crippen LogP contribution in [-0.2, 0) is 6.61 Å². The normalized spacial score (nSPS) is 26.1. The zero-order valence-electron chi connectivity index (χ0n) is 18.3. The third-order valence-electron chi connectivity index (χ3n) is 7.74. The van der Waals surface area contributed by atoms with E-state index in [0.717, 1.165) is 28.9 Å². The van der Waals surface area contributed by atoms with Crippen LogP contribution in [-0.4, -0.2) is 39.4 Å². The number of benzene rings is 1. The van der Waals surface area contributed by atoms with Crippen LogP contribution in [0.15, 0.2) is 48.8 Å². The lowest BCUT2D eigenvalue weighted by atomic mass is 9.96. The highest BCUT2D eigenvalue weighted by Crippen LogP contribution is 2.42. The quantitative estimate of drug-likeness (QED) is 0.672. The summed E-state index contributed by atoms with van der Waals surface area (Å²) in [5, 5.41) is 8.13. The Balaban J connectivity index is 1.22. The molecule has 2 aromatic heterocycles. The summed E-state index contributed by atoms with van der Waals surface area (Å²) in [6, 6.07) is 14.8. The minimum Gasteiger partial charge on any atom is -0.472 e. The summed E-state index contributed by atoms with van der Waals surface area (Å²) in [7, 11) is 0. The van der Waals surface area contributed by atoms with Crippen LogP contribution in [0, 0.1) is 5.92 Å². The van der Waals surface area contributed by atoms with Crippen LogP contribution in [0.4, 0.5) is 5.82 Å². The summed E-state index contributed by atoms with van der Waals surface area (Å²) < 4.78 is 8.09. The first-order valence-electron chi connectivity index (χ1n) is 12.1. The molecule has 0 spiro atoms. The topological polar surface area (TPSA) is 55.2 Å². The maximum Gasteiger partial charge on any atom is 0.223 e. The lowest BCUT2D eigenvalue weighted by molar-refractivity contribution is 0.289. The van der Waals surface area contributed by atoms with E-state index in [1.54, 1.807) is 6.20 Å². The molecule has 0 amide bonds. The molecule has 3 aliphatic heterocycles. The zero-order chi connectivity index (χ0) is 21.1. The van der Waals surface area contributed by atoms with Gasteiger partial charge >= 0.3 is 0 Å². The second-order valence-electron chi connectivity index (χ2n) is 9.92. The molecule has 8 rings (SSSR count). The number of hydrogen-bond acceptors (Lipinski definition) is 5. The van der Waals surface area contributed by atoms with Crippen molar-refractivity contribution in [1.82, 2.24) is 20.1 Å². The first-order valence-corrected chi connectivity index (χ1v) is 12.1. The SMILES string of the molecule is c1cnn(-c2ccc3c(c2)COc2nc(N(C4CC4)C4CC5CCC(C4)NC5)ccc2-3)c1. The van der Waals surface area contributed by atoms with Gasteiger partial charge in [-0.25, -0.2) is 4.68 Å². The van der Waals surface area contributed by atoms with Crippen LogP contribution in [0.1, 0.15) is 44.1 Å². The summed E-state index contributed by atoms with van der Waals surface area (Å²) in [5.41, 5.74) is 4.56. The molecular formula is C26H29N5O. The monoisotopic (exact) mass is 427 g/mol. The number of piperidine rings is 1. The standard InChI is InChI=1S/C26H29N5O/c1-10-28-30(11-1)21-6-7-23-18(13-21)16-32-26-24(23)8-9-25(29-26)31(20-4-5-20)22-12-17-2-3-19(14-22)27-15-17/h1,6-11,13,17,19-20,22,27H,2-5,12,14-16H2. The molecule has 6 nitrogen and oxygen atoms in total. The van der Waals surface area contributed by atoms with E-state index in [1.165, 1.54) is 56.2 Å². The number of rotatable bonds is 4. The molecule has 164 valence electrons. The predicted molar refractivity (Wildman–Crippen MR) is 124 cm³/mol. The van der Waals surface area contributed by atoms with Gasteiger partial charge in [0, 0.05) is 36.1 Å². The van der Waals surface area contributed by atoms with Crippen molar-refractivity contribution in [2.45, 2.75) is 63.3 Å². The Morgan fingerprint density at radius 2 is 1.94 bits per heavy atom. The number of fused-ring (bicyclic) bond motifs is 7. The molecule has 5 aliphatic rings. The summed E-state index contributed by atoms with van der Waals surface area (Å²) in [6.07, 6.45) is 11.6. The maximum atomic E-state index is 6.20. The fourth-order valence-electron chi connectivity index (χ4n) is 6.00. The Bertz CT molecular complexity index is 1120. The summed E-state index contributed by atoms with van der Waals surface area (Å²) in [5.74, 6) is 2.70. The number of anilines is 1. The maximum absolute atomic E-state index is 6.20. The van der Waals surface area contributed by atoms with Gasteiger partial charge in [0.05, 0.1) is 5.69 Å². The van der Waals surface area contributed by atoms with Crippen LogP contribution in [0.3, 0.4) is 0 Å². The largest absolute Gasteiger partial charge is 0.472 e. The van der Waals surface area contributed by atoms with Crippen molar-refractivity contribution >= 4 is 5.82 Å². The van der Waals surface area contributed by atoms with Crippen LogP contribution >= 0.6 is 0 Å². The van der Waals surface area contributed by atoms with Gasteiger partial charge in [-0.15, -0.1) is 0 Å². The molecule has 1 aromatic carbocycles. The van der Waals surface area contributed by atoms with E-state index in [2.05, 4.69) is 45.6 Å². The summed E-state index contributed by atoms with van der Waals surface area (Å²) in [6.45, 7) is 1.74. The molecule has 2 saturated heterocycles. The predicted octanol–water partition coefficient (Wildman–Crippen LogP) is 4.33. The second kappa shape index (κ2) is 7.34. The molecule has 3 unspecified atom stereocenters. The van der Waals surface area contributed by atoms with Gasteiger partial charge in [-0.3, -0.25) is 0 Å². The van der Waals surface area contributed by atoms with Crippen molar-refractivity contribution < 1.29 is 4.74 Å². The zero-order valence-corrected chi connectivity index (χ0v) is 18.3. The van der Waals surface area contributed by atoms with Gasteiger partial charge in [-0.05, 0) is 92.4 Å². The van der Waals surface area contributed by atoms with Gasteiger partial charge in [0.25, 0.3) is 0 Å². The molecule has 2 bridgehead atoms. The third kappa shape index (κ3) is 3.20. The number of nitrogens with zero attached hydrogens (tertiary/aromatic N) is 4. The van der Waals surface area contributed by atoms with E-state index in [4.69, 9.17) is 9.72 Å². The van der Waals surface area contributed by atoms with Gasteiger partial charge in [-0.2, -0.15) is 10.1 Å². The molecule has 2 saturated carbocycles. The van der Waals surface area contributed by atoms with Gasteiger partial charge in [0.15, 0.2) is 0 Å². The molecule has 32 heavy (non-hydrogen) atoms. The lowest BCUT2D eigenvalue weighted by Crippen LogP contribution is -2.40.